The van der Waals surface area contributed by atoms with Crippen molar-refractivity contribution in [3.05, 3.63) is 33.6 Å². The topological polar surface area (TPSA) is 98.3 Å². The van der Waals surface area contributed by atoms with Gasteiger partial charge < -0.3 is 10.6 Å². The molecule has 1 aliphatic rings. The number of amides is 2. The molecule has 28 heavy (non-hydrogen) atoms. The van der Waals surface area contributed by atoms with Crippen LogP contribution in [0.25, 0.3) is 10.9 Å². The van der Waals surface area contributed by atoms with Crippen LogP contribution in [0.4, 0.5) is 0 Å². The summed E-state index contributed by atoms with van der Waals surface area (Å²) in [5, 5.41) is 1.51. The maximum absolute atomic E-state index is 12.8. The predicted molar refractivity (Wildman–Crippen MR) is 111 cm³/mol. The van der Waals surface area contributed by atoms with Crippen LogP contribution in [-0.2, 0) is 16.1 Å². The molecule has 0 saturated carbocycles. The van der Waals surface area contributed by atoms with Crippen molar-refractivity contribution in [3.63, 3.8) is 0 Å². The lowest BCUT2D eigenvalue weighted by Gasteiger charge is -2.31. The van der Waals surface area contributed by atoms with Gasteiger partial charge in [0.15, 0.2) is 5.16 Å². The van der Waals surface area contributed by atoms with Crippen LogP contribution >= 0.6 is 23.4 Å². The maximum Gasteiger partial charge on any atom is 0.262 e. The number of primary amides is 1. The van der Waals surface area contributed by atoms with Crippen LogP contribution in [0, 0.1) is 5.92 Å². The Morgan fingerprint density at radius 3 is 2.89 bits per heavy atom. The summed E-state index contributed by atoms with van der Waals surface area (Å²) in [6, 6.07) is 5.00. The number of halogens is 1. The summed E-state index contributed by atoms with van der Waals surface area (Å²) in [6.45, 7) is 3.48. The first kappa shape index (κ1) is 20.7. The van der Waals surface area contributed by atoms with Gasteiger partial charge in [0.05, 0.1) is 22.6 Å². The van der Waals surface area contributed by atoms with Gasteiger partial charge in [-0.3, -0.25) is 19.0 Å². The van der Waals surface area contributed by atoms with E-state index < -0.39 is 0 Å². The lowest BCUT2D eigenvalue weighted by molar-refractivity contribution is -0.132. The van der Waals surface area contributed by atoms with Crippen molar-refractivity contribution in [3.8, 4) is 0 Å². The lowest BCUT2D eigenvalue weighted by Crippen LogP contribution is -2.44. The first-order valence-corrected chi connectivity index (χ1v) is 10.7. The Labute approximate surface area is 172 Å². The molecule has 1 saturated heterocycles. The summed E-state index contributed by atoms with van der Waals surface area (Å²) in [6.07, 6.45) is 2.25. The average Bonchev–Trinajstić information content (AvgIpc) is 2.68. The molecule has 9 heteroatoms. The van der Waals surface area contributed by atoms with Gasteiger partial charge in [-0.2, -0.15) is 0 Å². The average molecular weight is 423 g/mol. The van der Waals surface area contributed by atoms with E-state index in [-0.39, 0.29) is 29.0 Å². The number of nitrogens with two attached hydrogens (primary N) is 1. The number of carbonyl (C=O) groups is 2. The van der Waals surface area contributed by atoms with Gasteiger partial charge in [-0.1, -0.05) is 30.3 Å². The monoisotopic (exact) mass is 422 g/mol. The normalized spacial score (nSPS) is 17.1. The van der Waals surface area contributed by atoms with Gasteiger partial charge in [-0.15, -0.1) is 0 Å². The van der Waals surface area contributed by atoms with Crippen LogP contribution in [0.3, 0.4) is 0 Å². The van der Waals surface area contributed by atoms with E-state index >= 15 is 0 Å². The molecule has 0 aliphatic carbocycles. The van der Waals surface area contributed by atoms with Crippen LogP contribution in [0.5, 0.6) is 0 Å². The third kappa shape index (κ3) is 4.50. The molecule has 0 radical (unpaired) electrons. The highest BCUT2D eigenvalue weighted by atomic mass is 35.5. The van der Waals surface area contributed by atoms with Gasteiger partial charge in [0.1, 0.15) is 0 Å². The summed E-state index contributed by atoms with van der Waals surface area (Å²) in [5.74, 6) is -0.593. The first-order valence-electron chi connectivity index (χ1n) is 9.30. The fourth-order valence-electron chi connectivity index (χ4n) is 3.36. The summed E-state index contributed by atoms with van der Waals surface area (Å²) in [4.78, 5) is 43.1. The Morgan fingerprint density at radius 1 is 1.39 bits per heavy atom. The number of piperidine rings is 1. The van der Waals surface area contributed by atoms with E-state index in [2.05, 4.69) is 4.98 Å². The van der Waals surface area contributed by atoms with Crippen molar-refractivity contribution in [2.75, 3.05) is 18.8 Å². The van der Waals surface area contributed by atoms with Gasteiger partial charge in [0, 0.05) is 24.7 Å². The van der Waals surface area contributed by atoms with Crippen molar-refractivity contribution in [1.82, 2.24) is 14.5 Å². The first-order chi connectivity index (χ1) is 13.4. The van der Waals surface area contributed by atoms with Crippen molar-refractivity contribution in [2.45, 2.75) is 37.9 Å². The zero-order valence-corrected chi connectivity index (χ0v) is 17.3. The molecule has 1 aliphatic heterocycles. The van der Waals surface area contributed by atoms with Gasteiger partial charge in [-0.05, 0) is 37.5 Å². The standard InChI is InChI=1S/C19H23ClN4O3S/c1-2-7-24-18(27)14-6-5-13(20)9-15(14)22-19(24)28-11-16(25)23-8-3-4-12(10-23)17(21)26/h5-6,9,12H,2-4,7-8,10-11H2,1H3,(H2,21,26)/t12-/m1/s1. The maximum atomic E-state index is 12.8. The molecule has 1 fully saturated rings. The minimum absolute atomic E-state index is 0.0839. The number of fused-ring (bicyclic) bond motifs is 1. The van der Waals surface area contributed by atoms with Crippen LogP contribution in [0.1, 0.15) is 26.2 Å². The van der Waals surface area contributed by atoms with Gasteiger partial charge in [-0.25, -0.2) is 4.98 Å². The molecule has 3 rings (SSSR count). The smallest absolute Gasteiger partial charge is 0.262 e. The highest BCUT2D eigenvalue weighted by Gasteiger charge is 2.27. The van der Waals surface area contributed by atoms with E-state index in [1.54, 1.807) is 27.7 Å². The zero-order chi connectivity index (χ0) is 20.3. The van der Waals surface area contributed by atoms with E-state index in [9.17, 15) is 14.4 Å². The van der Waals surface area contributed by atoms with Gasteiger partial charge >= 0.3 is 0 Å². The third-order valence-electron chi connectivity index (χ3n) is 4.83. The summed E-state index contributed by atoms with van der Waals surface area (Å²) in [7, 11) is 0. The van der Waals surface area contributed by atoms with E-state index in [0.29, 0.717) is 40.7 Å². The summed E-state index contributed by atoms with van der Waals surface area (Å²) < 4.78 is 1.61. The van der Waals surface area contributed by atoms with Crippen molar-refractivity contribution < 1.29 is 9.59 Å². The second-order valence-electron chi connectivity index (χ2n) is 6.88. The van der Waals surface area contributed by atoms with E-state index in [0.717, 1.165) is 19.3 Å². The molecule has 1 aromatic carbocycles. The number of hydrogen-bond acceptors (Lipinski definition) is 5. The lowest BCUT2D eigenvalue weighted by atomic mass is 9.97. The molecule has 0 unspecified atom stereocenters. The molecule has 2 heterocycles. The van der Waals surface area contributed by atoms with E-state index in [1.807, 2.05) is 6.92 Å². The highest BCUT2D eigenvalue weighted by Crippen LogP contribution is 2.22. The van der Waals surface area contributed by atoms with Crippen molar-refractivity contribution in [1.29, 1.82) is 0 Å². The fraction of sp³-hybridized carbons (Fsp3) is 0.474. The molecule has 2 aromatic rings. The van der Waals surface area contributed by atoms with E-state index in [1.165, 1.54) is 11.8 Å². The van der Waals surface area contributed by atoms with Crippen molar-refractivity contribution in [2.24, 2.45) is 11.7 Å². The van der Waals surface area contributed by atoms with Crippen LogP contribution in [0.15, 0.2) is 28.2 Å². The van der Waals surface area contributed by atoms with Crippen LogP contribution < -0.4 is 11.3 Å². The Kier molecular flexibility index (Phi) is 6.61. The molecule has 2 N–H and O–H groups in total. The highest BCUT2D eigenvalue weighted by molar-refractivity contribution is 7.99. The number of hydrogen-bond donors (Lipinski definition) is 1. The number of rotatable bonds is 6. The van der Waals surface area contributed by atoms with Gasteiger partial charge in [0.2, 0.25) is 11.8 Å². The molecular formula is C19H23ClN4O3S. The number of benzene rings is 1. The number of carbonyl (C=O) groups excluding carboxylic acids is 2. The Balaban J connectivity index is 1.81. The Morgan fingerprint density at radius 2 is 2.18 bits per heavy atom. The number of likely N-dealkylation sites (tertiary alicyclic amines) is 1. The number of thioether (sulfide) groups is 1. The minimum atomic E-state index is -0.366. The quantitative estimate of drug-likeness (QED) is 0.568. The predicted octanol–water partition coefficient (Wildman–Crippen LogP) is 2.28. The number of nitrogens with zero attached hydrogens (tertiary/aromatic N) is 3. The van der Waals surface area contributed by atoms with Crippen molar-refractivity contribution >= 4 is 46.1 Å². The minimum Gasteiger partial charge on any atom is -0.369 e. The molecule has 7 nitrogen and oxygen atoms in total. The van der Waals surface area contributed by atoms with Gasteiger partial charge in [0.25, 0.3) is 5.56 Å². The molecular weight excluding hydrogens is 400 g/mol. The SMILES string of the molecule is CCCn1c(SCC(=O)N2CCC[C@@H](C(N)=O)C2)nc2cc(Cl)ccc2c1=O. The van der Waals surface area contributed by atoms with E-state index in [4.69, 9.17) is 17.3 Å². The summed E-state index contributed by atoms with van der Waals surface area (Å²) >= 11 is 7.27. The molecule has 0 spiro atoms. The molecule has 150 valence electrons. The number of aromatic nitrogens is 2. The fourth-order valence-corrected chi connectivity index (χ4v) is 4.45. The Bertz CT molecular complexity index is 962. The molecule has 0 bridgehead atoms. The third-order valence-corrected chi connectivity index (χ3v) is 6.03. The molecule has 1 atom stereocenters. The second-order valence-corrected chi connectivity index (χ2v) is 8.26. The summed E-state index contributed by atoms with van der Waals surface area (Å²) in [5.41, 5.74) is 5.77. The zero-order valence-electron chi connectivity index (χ0n) is 15.7. The van der Waals surface area contributed by atoms with Crippen LogP contribution in [0.2, 0.25) is 5.02 Å². The molecule has 2 amide bonds. The molecule has 1 aromatic heterocycles. The second kappa shape index (κ2) is 8.96. The largest absolute Gasteiger partial charge is 0.369 e. The van der Waals surface area contributed by atoms with Crippen LogP contribution in [-0.4, -0.2) is 45.1 Å². The Hall–Kier alpha value is -2.06.